The van der Waals surface area contributed by atoms with Gasteiger partial charge in [-0.05, 0) is 50.5 Å². The average Bonchev–Trinajstić information content (AvgIpc) is 3.28. The van der Waals surface area contributed by atoms with Crippen molar-refractivity contribution in [1.29, 1.82) is 0 Å². The van der Waals surface area contributed by atoms with Crippen LogP contribution in [-0.4, -0.2) is 46.8 Å². The minimum absolute atomic E-state index is 0.0740. The molecular weight excluding hydrogens is 398 g/mol. The summed E-state index contributed by atoms with van der Waals surface area (Å²) >= 11 is 0. The van der Waals surface area contributed by atoms with E-state index in [1.807, 2.05) is 0 Å². The second-order valence-electron chi connectivity index (χ2n) is 8.60. The lowest BCUT2D eigenvalue weighted by Crippen LogP contribution is -2.54. The van der Waals surface area contributed by atoms with Gasteiger partial charge < -0.3 is 20.3 Å². The second kappa shape index (κ2) is 7.37. The number of hydrogen-bond donors (Lipinski definition) is 2. The van der Waals surface area contributed by atoms with Gasteiger partial charge in [0.2, 0.25) is 11.8 Å². The van der Waals surface area contributed by atoms with Gasteiger partial charge in [-0.25, -0.2) is 0 Å². The zero-order valence-corrected chi connectivity index (χ0v) is 17.7. The number of nitrogens with zero attached hydrogens (tertiary/aromatic N) is 1. The Morgan fingerprint density at radius 3 is 2.71 bits per heavy atom. The summed E-state index contributed by atoms with van der Waals surface area (Å²) in [6.45, 7) is 5.23. The number of nitrogens with one attached hydrogen (secondary N) is 2. The molecule has 0 saturated carbocycles. The lowest BCUT2D eigenvalue weighted by atomic mass is 9.79. The minimum Gasteiger partial charge on any atom is -0.456 e. The molecule has 2 fully saturated rings. The minimum atomic E-state index is -1.35. The van der Waals surface area contributed by atoms with Gasteiger partial charge >= 0.3 is 5.97 Å². The third-order valence-electron chi connectivity index (χ3n) is 5.83. The Labute approximate surface area is 180 Å². The molecule has 0 aliphatic carbocycles. The summed E-state index contributed by atoms with van der Waals surface area (Å²) in [5, 5.41) is 5.55. The van der Waals surface area contributed by atoms with Crippen molar-refractivity contribution >= 4 is 29.4 Å². The van der Waals surface area contributed by atoms with E-state index < -0.39 is 23.0 Å². The zero-order chi connectivity index (χ0) is 22.4. The highest BCUT2D eigenvalue weighted by Crippen LogP contribution is 2.42. The van der Waals surface area contributed by atoms with Gasteiger partial charge in [-0.3, -0.25) is 19.2 Å². The van der Waals surface area contributed by atoms with Crippen LogP contribution in [0.5, 0.6) is 0 Å². The molecule has 3 aliphatic heterocycles. The fraction of sp³-hybridized carbons (Fsp3) is 0.391. The number of carbonyl (C=O) groups is 4. The van der Waals surface area contributed by atoms with E-state index in [0.717, 1.165) is 6.42 Å². The van der Waals surface area contributed by atoms with Crippen LogP contribution in [0.3, 0.4) is 0 Å². The van der Waals surface area contributed by atoms with Crippen LogP contribution in [0.2, 0.25) is 0 Å². The normalized spacial score (nSPS) is 26.7. The van der Waals surface area contributed by atoms with Gasteiger partial charge in [-0.2, -0.15) is 0 Å². The van der Waals surface area contributed by atoms with Crippen molar-refractivity contribution < 1.29 is 23.9 Å². The maximum Gasteiger partial charge on any atom is 0.303 e. The van der Waals surface area contributed by atoms with E-state index in [4.69, 9.17) is 4.74 Å². The van der Waals surface area contributed by atoms with Crippen molar-refractivity contribution in [2.75, 3.05) is 11.9 Å². The van der Waals surface area contributed by atoms with Crippen molar-refractivity contribution in [3.05, 3.63) is 53.8 Å². The summed E-state index contributed by atoms with van der Waals surface area (Å²) in [5.41, 5.74) is -0.987. The summed E-state index contributed by atoms with van der Waals surface area (Å²) in [6, 6.07) is 6.72. The average molecular weight is 423 g/mol. The van der Waals surface area contributed by atoms with Crippen LogP contribution < -0.4 is 10.6 Å². The summed E-state index contributed by atoms with van der Waals surface area (Å²) in [5.74, 6) is -1.35. The molecule has 2 saturated heterocycles. The van der Waals surface area contributed by atoms with E-state index in [2.05, 4.69) is 10.6 Å². The first kappa shape index (κ1) is 20.8. The smallest absolute Gasteiger partial charge is 0.303 e. The van der Waals surface area contributed by atoms with Gasteiger partial charge in [-0.15, -0.1) is 0 Å². The fourth-order valence-electron chi connectivity index (χ4n) is 4.43. The Balaban J connectivity index is 1.82. The first-order chi connectivity index (χ1) is 14.6. The predicted octanol–water partition coefficient (Wildman–Crippen LogP) is 1.78. The van der Waals surface area contributed by atoms with E-state index in [-0.39, 0.29) is 23.4 Å². The first-order valence-electron chi connectivity index (χ1n) is 10.3. The lowest BCUT2D eigenvalue weighted by molar-refractivity contribution is -0.149. The number of piperazine rings is 1. The Morgan fingerprint density at radius 2 is 1.97 bits per heavy atom. The van der Waals surface area contributed by atoms with Crippen LogP contribution in [0.15, 0.2) is 48.2 Å². The number of hydrogen-bond acceptors (Lipinski definition) is 5. The number of anilines is 1. The molecular formula is C23H25N3O5. The Morgan fingerprint density at radius 1 is 1.23 bits per heavy atom. The third kappa shape index (κ3) is 3.62. The van der Waals surface area contributed by atoms with Gasteiger partial charge in [-0.1, -0.05) is 24.3 Å². The maximum absolute atomic E-state index is 13.2. The number of benzene rings is 1. The molecule has 8 nitrogen and oxygen atoms in total. The lowest BCUT2D eigenvalue weighted by Gasteiger charge is -2.32. The summed E-state index contributed by atoms with van der Waals surface area (Å²) in [4.78, 5) is 51.9. The number of carbonyl (C=O) groups excluding carboxylic acids is 4. The Bertz CT molecular complexity index is 1040. The molecule has 4 rings (SSSR count). The molecule has 8 heteroatoms. The number of ether oxygens (including phenoxy) is 1. The standard InChI is InChI=1S/C23H25N3O5/c1-14(27)31-22(2,3)10-11-23(15-7-4-5-8-16(15)25-21(23)30)13-17-20(29)26-12-6-9-18(26)19(28)24-17/h4-5,7-8,10-11,13,18H,6,9,12H2,1-3H3,(H,24,28)(H,25,30)/b11-10+,17-13-/t18-,23-/m0/s1. The largest absolute Gasteiger partial charge is 0.456 e. The van der Waals surface area contributed by atoms with Gasteiger partial charge in [0, 0.05) is 19.2 Å². The molecule has 3 amide bonds. The monoisotopic (exact) mass is 423 g/mol. The first-order valence-corrected chi connectivity index (χ1v) is 10.3. The molecule has 162 valence electrons. The number of para-hydroxylation sites is 1. The van der Waals surface area contributed by atoms with Crippen LogP contribution in [0.25, 0.3) is 0 Å². The van der Waals surface area contributed by atoms with Gasteiger partial charge in [0.1, 0.15) is 22.8 Å². The summed E-state index contributed by atoms with van der Waals surface area (Å²) in [7, 11) is 0. The summed E-state index contributed by atoms with van der Waals surface area (Å²) in [6.07, 6.45) is 6.15. The Hall–Kier alpha value is -3.42. The molecule has 0 aromatic heterocycles. The van der Waals surface area contributed by atoms with Crippen LogP contribution in [0.1, 0.15) is 39.2 Å². The molecule has 3 aliphatic rings. The molecule has 0 radical (unpaired) electrons. The van der Waals surface area contributed by atoms with Gasteiger partial charge in [0.05, 0.1) is 0 Å². The quantitative estimate of drug-likeness (QED) is 0.436. The van der Waals surface area contributed by atoms with Crippen LogP contribution >= 0.6 is 0 Å². The highest BCUT2D eigenvalue weighted by Gasteiger charge is 2.47. The molecule has 3 heterocycles. The fourth-order valence-corrected chi connectivity index (χ4v) is 4.43. The molecule has 1 aromatic rings. The number of amides is 3. The van der Waals surface area contributed by atoms with Gasteiger partial charge in [0.25, 0.3) is 5.91 Å². The number of esters is 1. The van der Waals surface area contributed by atoms with Crippen molar-refractivity contribution in [3.63, 3.8) is 0 Å². The number of rotatable bonds is 4. The Kier molecular flexibility index (Phi) is 4.95. The van der Waals surface area contributed by atoms with Crippen molar-refractivity contribution in [1.82, 2.24) is 10.2 Å². The van der Waals surface area contributed by atoms with Crippen LogP contribution in [0, 0.1) is 0 Å². The van der Waals surface area contributed by atoms with Gasteiger partial charge in [0.15, 0.2) is 0 Å². The van der Waals surface area contributed by atoms with Crippen molar-refractivity contribution in [2.45, 2.75) is 50.7 Å². The van der Waals surface area contributed by atoms with E-state index in [1.165, 1.54) is 13.0 Å². The topological polar surface area (TPSA) is 105 Å². The van der Waals surface area contributed by atoms with Crippen LogP contribution in [-0.2, 0) is 29.3 Å². The van der Waals surface area contributed by atoms with Crippen LogP contribution in [0.4, 0.5) is 5.69 Å². The third-order valence-corrected chi connectivity index (χ3v) is 5.83. The molecule has 2 atom stereocenters. The molecule has 0 bridgehead atoms. The second-order valence-corrected chi connectivity index (χ2v) is 8.60. The van der Waals surface area contributed by atoms with E-state index in [0.29, 0.717) is 24.2 Å². The van der Waals surface area contributed by atoms with E-state index in [1.54, 1.807) is 55.2 Å². The zero-order valence-electron chi connectivity index (χ0n) is 17.7. The molecule has 2 N–H and O–H groups in total. The molecule has 0 unspecified atom stereocenters. The van der Waals surface area contributed by atoms with E-state index >= 15 is 0 Å². The molecule has 31 heavy (non-hydrogen) atoms. The molecule has 0 spiro atoms. The highest BCUT2D eigenvalue weighted by molar-refractivity contribution is 6.11. The predicted molar refractivity (Wildman–Crippen MR) is 113 cm³/mol. The summed E-state index contributed by atoms with van der Waals surface area (Å²) < 4.78 is 5.33. The van der Waals surface area contributed by atoms with E-state index in [9.17, 15) is 19.2 Å². The number of fused-ring (bicyclic) bond motifs is 2. The highest BCUT2D eigenvalue weighted by atomic mass is 16.6. The van der Waals surface area contributed by atoms with Crippen molar-refractivity contribution in [3.8, 4) is 0 Å². The molecule has 1 aromatic carbocycles. The maximum atomic E-state index is 13.2. The van der Waals surface area contributed by atoms with Crippen molar-refractivity contribution in [2.24, 2.45) is 0 Å². The SMILES string of the molecule is CC(=O)OC(C)(C)/C=C/[C@@]1(/C=C2\NC(=O)[C@@H]3CCCN3C2=O)C(=O)Nc2ccccc21.